The van der Waals surface area contributed by atoms with Crippen LogP contribution in [-0.4, -0.2) is 39.7 Å². The normalized spacial score (nSPS) is 16.8. The van der Waals surface area contributed by atoms with Crippen molar-refractivity contribution in [1.82, 2.24) is 14.8 Å². The van der Waals surface area contributed by atoms with Crippen LogP contribution in [-0.2, 0) is 16.1 Å². The van der Waals surface area contributed by atoms with E-state index in [2.05, 4.69) is 29.2 Å². The van der Waals surface area contributed by atoms with E-state index in [1.807, 2.05) is 17.9 Å². The van der Waals surface area contributed by atoms with Gasteiger partial charge in [0.2, 0.25) is 11.8 Å². The van der Waals surface area contributed by atoms with E-state index in [0.717, 1.165) is 43.0 Å². The lowest BCUT2D eigenvalue weighted by Crippen LogP contribution is -2.41. The molecule has 3 rings (SSSR count). The van der Waals surface area contributed by atoms with E-state index in [0.29, 0.717) is 23.3 Å². The van der Waals surface area contributed by atoms with Crippen molar-refractivity contribution in [2.75, 3.05) is 23.3 Å². The Bertz CT molecular complexity index is 967. The molecule has 1 aliphatic rings. The van der Waals surface area contributed by atoms with Crippen LogP contribution in [0.3, 0.4) is 0 Å². The third-order valence-electron chi connectivity index (χ3n) is 5.21. The van der Waals surface area contributed by atoms with Gasteiger partial charge >= 0.3 is 0 Å². The second kappa shape index (κ2) is 9.96. The third kappa shape index (κ3) is 5.85. The molecule has 8 nitrogen and oxygen atoms in total. The molecule has 31 heavy (non-hydrogen) atoms. The van der Waals surface area contributed by atoms with E-state index in [1.165, 1.54) is 6.08 Å². The Balaban J connectivity index is 1.61. The molecule has 3 N–H and O–H groups in total. The number of hydrogen-bond donors (Lipinski definition) is 2. The Kier molecular flexibility index (Phi) is 7.33. The first-order chi connectivity index (χ1) is 14.7. The summed E-state index contributed by atoms with van der Waals surface area (Å²) in [6.45, 7) is 8.17. The van der Waals surface area contributed by atoms with Crippen molar-refractivity contribution in [3.8, 4) is 0 Å². The summed E-state index contributed by atoms with van der Waals surface area (Å²) in [5.74, 6) is 0.470. The first kappa shape index (κ1) is 22.8. The highest BCUT2D eigenvalue weighted by atomic mass is 35.5. The Morgan fingerprint density at radius 2 is 2.16 bits per heavy atom. The minimum absolute atomic E-state index is 0.153. The van der Waals surface area contributed by atoms with Gasteiger partial charge in [0.1, 0.15) is 11.0 Å². The van der Waals surface area contributed by atoms with Crippen LogP contribution in [0.2, 0.25) is 5.15 Å². The number of aryl methyl sites for hydroxylation is 1. The van der Waals surface area contributed by atoms with Crippen LogP contribution < -0.4 is 16.0 Å². The fourth-order valence-electron chi connectivity index (χ4n) is 3.63. The molecule has 1 atom stereocenters. The average Bonchev–Trinajstić information content (AvgIpc) is 2.99. The van der Waals surface area contributed by atoms with Crippen molar-refractivity contribution < 1.29 is 9.59 Å². The van der Waals surface area contributed by atoms with Crippen LogP contribution in [0.1, 0.15) is 37.9 Å². The predicted molar refractivity (Wildman–Crippen MR) is 123 cm³/mol. The van der Waals surface area contributed by atoms with Gasteiger partial charge in [-0.2, -0.15) is 5.10 Å². The summed E-state index contributed by atoms with van der Waals surface area (Å²) in [5, 5.41) is 7.76. The molecule has 0 radical (unpaired) electrons. The predicted octanol–water partition coefficient (Wildman–Crippen LogP) is 3.25. The molecular formula is C22H29ClN6O2. The number of carbonyl (C=O) groups excluding carboxylic acids is 2. The van der Waals surface area contributed by atoms with Crippen LogP contribution >= 0.6 is 11.6 Å². The lowest BCUT2D eigenvalue weighted by molar-refractivity contribution is -0.122. The minimum atomic E-state index is -0.284. The van der Waals surface area contributed by atoms with Crippen molar-refractivity contribution in [3.05, 3.63) is 40.8 Å². The highest BCUT2D eigenvalue weighted by Crippen LogP contribution is 2.24. The summed E-state index contributed by atoms with van der Waals surface area (Å²) < 4.78 is 1.76. The van der Waals surface area contributed by atoms with Crippen LogP contribution in [0.5, 0.6) is 0 Å². The van der Waals surface area contributed by atoms with Crippen molar-refractivity contribution in [3.63, 3.8) is 0 Å². The number of carbonyl (C=O) groups is 2. The second-order valence-electron chi connectivity index (χ2n) is 8.28. The van der Waals surface area contributed by atoms with Crippen LogP contribution in [0.4, 0.5) is 11.5 Å². The molecule has 0 spiro atoms. The number of anilines is 2. The summed E-state index contributed by atoms with van der Waals surface area (Å²) in [5.41, 5.74) is 7.54. The Morgan fingerprint density at radius 3 is 2.81 bits per heavy atom. The molecule has 0 aliphatic carbocycles. The molecule has 0 saturated carbocycles. The van der Waals surface area contributed by atoms with E-state index in [-0.39, 0.29) is 17.7 Å². The van der Waals surface area contributed by atoms with Gasteiger partial charge in [-0.05, 0) is 43.9 Å². The molecule has 9 heteroatoms. The number of piperidine rings is 1. The van der Waals surface area contributed by atoms with Gasteiger partial charge in [-0.3, -0.25) is 14.3 Å². The van der Waals surface area contributed by atoms with E-state index in [4.69, 9.17) is 17.3 Å². The highest BCUT2D eigenvalue weighted by molar-refractivity contribution is 6.31. The number of hydrogen-bond acceptors (Lipinski definition) is 5. The standard InChI is InChI=1S/C22H29ClN6O2/c1-14(2)12-29-21(23)18(15(3)27-29)7-9-20(30)26-17-6-8-19(25-11-17)28-10-4-5-16(13-28)22(24)31/h6-9,11,14,16H,4-5,10,12-13H2,1-3H3,(H2,24,31)(H,26,30)/b9-7+. The average molecular weight is 445 g/mol. The van der Waals surface area contributed by atoms with Crippen LogP contribution in [0.15, 0.2) is 24.4 Å². The van der Waals surface area contributed by atoms with Gasteiger partial charge in [0, 0.05) is 31.3 Å². The maximum Gasteiger partial charge on any atom is 0.248 e. The topological polar surface area (TPSA) is 106 Å². The number of nitrogens with one attached hydrogen (secondary N) is 1. The van der Waals surface area contributed by atoms with E-state index < -0.39 is 0 Å². The number of pyridine rings is 1. The third-order valence-corrected chi connectivity index (χ3v) is 5.61. The van der Waals surface area contributed by atoms with Crippen molar-refractivity contribution >= 4 is 41.0 Å². The molecule has 1 aliphatic heterocycles. The minimum Gasteiger partial charge on any atom is -0.369 e. The fraction of sp³-hybridized carbons (Fsp3) is 0.455. The molecule has 2 aromatic rings. The van der Waals surface area contributed by atoms with Gasteiger partial charge in [0.25, 0.3) is 0 Å². The molecule has 166 valence electrons. The number of aromatic nitrogens is 3. The fourth-order valence-corrected chi connectivity index (χ4v) is 3.94. The van der Waals surface area contributed by atoms with Gasteiger partial charge in [-0.25, -0.2) is 4.98 Å². The zero-order valence-corrected chi connectivity index (χ0v) is 18.9. The van der Waals surface area contributed by atoms with Crippen molar-refractivity contribution in [2.24, 2.45) is 17.6 Å². The molecule has 3 heterocycles. The monoisotopic (exact) mass is 444 g/mol. The molecular weight excluding hydrogens is 416 g/mol. The van der Waals surface area contributed by atoms with Gasteiger partial charge in [-0.1, -0.05) is 25.4 Å². The zero-order valence-electron chi connectivity index (χ0n) is 18.1. The first-order valence-corrected chi connectivity index (χ1v) is 10.8. The highest BCUT2D eigenvalue weighted by Gasteiger charge is 2.24. The van der Waals surface area contributed by atoms with Crippen molar-refractivity contribution in [2.45, 2.75) is 40.2 Å². The SMILES string of the molecule is Cc1nn(CC(C)C)c(Cl)c1/C=C/C(=O)Nc1ccc(N2CCCC(C(N)=O)C2)nc1. The number of halogens is 1. The Morgan fingerprint density at radius 1 is 1.39 bits per heavy atom. The largest absolute Gasteiger partial charge is 0.369 e. The first-order valence-electron chi connectivity index (χ1n) is 10.5. The summed E-state index contributed by atoms with van der Waals surface area (Å²) >= 11 is 6.41. The number of nitrogens with two attached hydrogens (primary N) is 1. The van der Waals surface area contributed by atoms with E-state index >= 15 is 0 Å². The maximum atomic E-state index is 12.3. The molecule has 1 unspecified atom stereocenters. The van der Waals surface area contributed by atoms with E-state index in [1.54, 1.807) is 23.0 Å². The quantitative estimate of drug-likeness (QED) is 0.637. The molecule has 2 aromatic heterocycles. The summed E-state index contributed by atoms with van der Waals surface area (Å²) in [4.78, 5) is 30.3. The summed E-state index contributed by atoms with van der Waals surface area (Å²) in [7, 11) is 0. The Labute approximate surface area is 187 Å². The zero-order chi connectivity index (χ0) is 22.5. The molecule has 1 fully saturated rings. The smallest absolute Gasteiger partial charge is 0.248 e. The van der Waals surface area contributed by atoms with Crippen LogP contribution in [0, 0.1) is 18.8 Å². The molecule has 2 amide bonds. The maximum absolute atomic E-state index is 12.3. The van der Waals surface area contributed by atoms with E-state index in [9.17, 15) is 9.59 Å². The van der Waals surface area contributed by atoms with Gasteiger partial charge < -0.3 is 16.0 Å². The number of amides is 2. The van der Waals surface area contributed by atoms with Crippen molar-refractivity contribution in [1.29, 1.82) is 0 Å². The van der Waals surface area contributed by atoms with Gasteiger partial charge in [0.15, 0.2) is 0 Å². The number of rotatable bonds is 7. The lowest BCUT2D eigenvalue weighted by atomic mass is 9.97. The Hall–Kier alpha value is -2.87. The van der Waals surface area contributed by atoms with Crippen LogP contribution in [0.25, 0.3) is 6.08 Å². The van der Waals surface area contributed by atoms with Gasteiger partial charge in [-0.15, -0.1) is 0 Å². The summed E-state index contributed by atoms with van der Waals surface area (Å²) in [6.07, 6.45) is 6.43. The van der Waals surface area contributed by atoms with Gasteiger partial charge in [0.05, 0.1) is 23.5 Å². The lowest BCUT2D eigenvalue weighted by Gasteiger charge is -2.32. The number of primary amides is 1. The molecule has 0 bridgehead atoms. The molecule has 0 aromatic carbocycles. The second-order valence-corrected chi connectivity index (χ2v) is 8.64. The molecule has 1 saturated heterocycles. The summed E-state index contributed by atoms with van der Waals surface area (Å²) in [6, 6.07) is 3.63. The number of nitrogens with zero attached hydrogens (tertiary/aromatic N) is 4.